The molecule has 1 aromatic carbocycles. The molecular weight excluding hydrogens is 388 g/mol. The van der Waals surface area contributed by atoms with E-state index in [0.717, 1.165) is 36.2 Å². The number of amides is 1. The van der Waals surface area contributed by atoms with Crippen LogP contribution in [-0.2, 0) is 11.2 Å². The van der Waals surface area contributed by atoms with Crippen LogP contribution in [0, 0.1) is 0 Å². The van der Waals surface area contributed by atoms with Crippen LogP contribution in [-0.4, -0.2) is 33.1 Å². The molecule has 3 N–H and O–H groups in total. The number of aliphatic hydroxyl groups is 1. The van der Waals surface area contributed by atoms with Crippen LogP contribution in [0.1, 0.15) is 48.6 Å². The van der Waals surface area contributed by atoms with E-state index >= 15 is 0 Å². The van der Waals surface area contributed by atoms with Crippen molar-refractivity contribution in [1.82, 2.24) is 15.3 Å². The molecule has 1 aliphatic rings. The number of nitrogens with one attached hydrogen (secondary N) is 2. The van der Waals surface area contributed by atoms with Crippen molar-refractivity contribution < 1.29 is 9.90 Å². The van der Waals surface area contributed by atoms with E-state index in [1.54, 1.807) is 18.6 Å². The quantitative estimate of drug-likeness (QED) is 0.548. The molecule has 6 nitrogen and oxygen atoms in total. The standard InChI is InChI=1S/C25H28N4O2/c1-17(22-6-2-3-14-27-22)25(31)29-20-9-7-18(8-10-20)15-21-11-12-23(28-21)24(30)19-5-4-13-26-16-19/h2-10,13-14,16-17,21,23-24,28,30H,11-12,15H2,1H3,(H,29,31)/t17-,21-,23+,24?/m0/s1. The fourth-order valence-corrected chi connectivity index (χ4v) is 4.07. The molecule has 160 valence electrons. The summed E-state index contributed by atoms with van der Waals surface area (Å²) in [6.45, 7) is 1.86. The van der Waals surface area contributed by atoms with Crippen LogP contribution in [0.25, 0.3) is 0 Å². The molecule has 2 aromatic heterocycles. The summed E-state index contributed by atoms with van der Waals surface area (Å²) < 4.78 is 0. The second-order valence-corrected chi connectivity index (χ2v) is 8.15. The fourth-order valence-electron chi connectivity index (χ4n) is 4.07. The lowest BCUT2D eigenvalue weighted by molar-refractivity contribution is -0.117. The molecule has 1 unspecified atom stereocenters. The van der Waals surface area contributed by atoms with Gasteiger partial charge in [0, 0.05) is 41.9 Å². The number of pyridine rings is 2. The third-order valence-corrected chi connectivity index (χ3v) is 5.91. The van der Waals surface area contributed by atoms with Crippen molar-refractivity contribution in [2.75, 3.05) is 5.32 Å². The first kappa shape index (κ1) is 21.2. The van der Waals surface area contributed by atoms with E-state index in [0.29, 0.717) is 6.04 Å². The average Bonchev–Trinajstić information content (AvgIpc) is 3.29. The van der Waals surface area contributed by atoms with Gasteiger partial charge in [-0.05, 0) is 62.1 Å². The molecule has 4 rings (SSSR count). The Kier molecular flexibility index (Phi) is 6.70. The van der Waals surface area contributed by atoms with Gasteiger partial charge in [0.25, 0.3) is 0 Å². The SMILES string of the molecule is C[C@H](C(=O)Nc1ccc(C[C@@H]2CC[C@H](C(O)c3cccnc3)N2)cc1)c1ccccn1. The molecule has 3 aromatic rings. The molecule has 31 heavy (non-hydrogen) atoms. The molecule has 0 radical (unpaired) electrons. The highest BCUT2D eigenvalue weighted by molar-refractivity contribution is 5.95. The van der Waals surface area contributed by atoms with Gasteiger partial charge in [-0.1, -0.05) is 24.3 Å². The van der Waals surface area contributed by atoms with E-state index in [9.17, 15) is 9.90 Å². The lowest BCUT2D eigenvalue weighted by atomic mass is 10.0. The molecule has 1 amide bonds. The zero-order valence-corrected chi connectivity index (χ0v) is 17.6. The molecule has 0 saturated carbocycles. The van der Waals surface area contributed by atoms with Gasteiger partial charge in [-0.15, -0.1) is 0 Å². The molecular formula is C25H28N4O2. The highest BCUT2D eigenvalue weighted by Crippen LogP contribution is 2.26. The Bertz CT molecular complexity index is 979. The Morgan fingerprint density at radius 3 is 2.68 bits per heavy atom. The first-order valence-electron chi connectivity index (χ1n) is 10.7. The van der Waals surface area contributed by atoms with Crippen LogP contribution < -0.4 is 10.6 Å². The number of aliphatic hydroxyl groups excluding tert-OH is 1. The summed E-state index contributed by atoms with van der Waals surface area (Å²) in [6, 6.07) is 17.7. The Labute approximate surface area is 182 Å². The van der Waals surface area contributed by atoms with Crippen molar-refractivity contribution in [3.63, 3.8) is 0 Å². The van der Waals surface area contributed by atoms with Gasteiger partial charge in [0.1, 0.15) is 0 Å². The van der Waals surface area contributed by atoms with E-state index in [1.807, 2.05) is 61.5 Å². The van der Waals surface area contributed by atoms with Crippen molar-refractivity contribution in [2.45, 2.75) is 50.3 Å². The summed E-state index contributed by atoms with van der Waals surface area (Å²) in [4.78, 5) is 20.9. The van der Waals surface area contributed by atoms with Crippen LogP contribution in [0.5, 0.6) is 0 Å². The maximum absolute atomic E-state index is 12.5. The largest absolute Gasteiger partial charge is 0.387 e. The lowest BCUT2D eigenvalue weighted by Gasteiger charge is -2.20. The van der Waals surface area contributed by atoms with E-state index in [4.69, 9.17) is 0 Å². The predicted molar refractivity (Wildman–Crippen MR) is 121 cm³/mol. The smallest absolute Gasteiger partial charge is 0.233 e. The Balaban J connectivity index is 1.29. The first-order valence-corrected chi connectivity index (χ1v) is 10.7. The van der Waals surface area contributed by atoms with Crippen molar-refractivity contribution >= 4 is 11.6 Å². The highest BCUT2D eigenvalue weighted by Gasteiger charge is 2.30. The van der Waals surface area contributed by atoms with Gasteiger partial charge in [-0.2, -0.15) is 0 Å². The number of carbonyl (C=O) groups is 1. The molecule has 6 heteroatoms. The molecule has 1 saturated heterocycles. The zero-order valence-electron chi connectivity index (χ0n) is 17.6. The summed E-state index contributed by atoms with van der Waals surface area (Å²) in [5, 5.41) is 17.1. The molecule has 1 fully saturated rings. The van der Waals surface area contributed by atoms with Gasteiger partial charge in [-0.25, -0.2) is 0 Å². The Morgan fingerprint density at radius 1 is 1.13 bits per heavy atom. The number of benzene rings is 1. The van der Waals surface area contributed by atoms with Crippen molar-refractivity contribution in [3.05, 3.63) is 90.0 Å². The van der Waals surface area contributed by atoms with Gasteiger partial charge in [-0.3, -0.25) is 14.8 Å². The van der Waals surface area contributed by atoms with Crippen LogP contribution in [0.3, 0.4) is 0 Å². The Hall–Kier alpha value is -3.09. The number of hydrogen-bond acceptors (Lipinski definition) is 5. The maximum atomic E-state index is 12.5. The minimum absolute atomic E-state index is 0.0424. The van der Waals surface area contributed by atoms with Gasteiger partial charge in [0.15, 0.2) is 0 Å². The zero-order chi connectivity index (χ0) is 21.6. The van der Waals surface area contributed by atoms with E-state index < -0.39 is 6.10 Å². The number of hydrogen-bond donors (Lipinski definition) is 3. The minimum Gasteiger partial charge on any atom is -0.387 e. The number of nitrogens with zero attached hydrogens (tertiary/aromatic N) is 2. The maximum Gasteiger partial charge on any atom is 0.233 e. The van der Waals surface area contributed by atoms with E-state index in [-0.39, 0.29) is 17.9 Å². The monoisotopic (exact) mass is 416 g/mol. The van der Waals surface area contributed by atoms with Crippen molar-refractivity contribution in [1.29, 1.82) is 0 Å². The number of rotatable bonds is 7. The second kappa shape index (κ2) is 9.81. The van der Waals surface area contributed by atoms with Crippen molar-refractivity contribution in [3.8, 4) is 0 Å². The van der Waals surface area contributed by atoms with Crippen LogP contribution in [0.15, 0.2) is 73.2 Å². The first-order chi connectivity index (χ1) is 15.1. The topological polar surface area (TPSA) is 87.1 Å². The van der Waals surface area contributed by atoms with E-state index in [2.05, 4.69) is 20.6 Å². The lowest BCUT2D eigenvalue weighted by Crippen LogP contribution is -2.35. The second-order valence-electron chi connectivity index (χ2n) is 8.15. The number of anilines is 1. The molecule has 4 atom stereocenters. The molecule has 3 heterocycles. The van der Waals surface area contributed by atoms with Crippen molar-refractivity contribution in [2.24, 2.45) is 0 Å². The molecule has 1 aliphatic heterocycles. The van der Waals surface area contributed by atoms with Gasteiger partial charge in [0.2, 0.25) is 5.91 Å². The molecule has 0 bridgehead atoms. The van der Waals surface area contributed by atoms with Crippen LogP contribution in [0.4, 0.5) is 5.69 Å². The summed E-state index contributed by atoms with van der Waals surface area (Å²) in [5.41, 5.74) is 3.58. The van der Waals surface area contributed by atoms with Gasteiger partial charge in [0.05, 0.1) is 17.7 Å². The average molecular weight is 417 g/mol. The normalized spacial score (nSPS) is 20.2. The fraction of sp³-hybridized carbons (Fsp3) is 0.320. The third kappa shape index (κ3) is 5.34. The van der Waals surface area contributed by atoms with Gasteiger partial charge < -0.3 is 15.7 Å². The predicted octanol–water partition coefficient (Wildman–Crippen LogP) is 3.62. The summed E-state index contributed by atoms with van der Waals surface area (Å²) in [5.74, 6) is -0.386. The third-order valence-electron chi connectivity index (χ3n) is 5.91. The summed E-state index contributed by atoms with van der Waals surface area (Å²) >= 11 is 0. The molecule has 0 aliphatic carbocycles. The van der Waals surface area contributed by atoms with E-state index in [1.165, 1.54) is 5.56 Å². The number of carbonyl (C=O) groups excluding carboxylic acids is 1. The van der Waals surface area contributed by atoms with Crippen LogP contribution in [0.2, 0.25) is 0 Å². The van der Waals surface area contributed by atoms with Gasteiger partial charge >= 0.3 is 0 Å². The minimum atomic E-state index is -0.544. The Morgan fingerprint density at radius 2 is 1.97 bits per heavy atom. The summed E-state index contributed by atoms with van der Waals surface area (Å²) in [6.07, 6.45) is 7.42. The number of aromatic nitrogens is 2. The molecule has 0 spiro atoms. The van der Waals surface area contributed by atoms with Crippen LogP contribution >= 0.6 is 0 Å². The highest BCUT2D eigenvalue weighted by atomic mass is 16.3. The summed E-state index contributed by atoms with van der Waals surface area (Å²) in [7, 11) is 0.